The first-order valence-electron chi connectivity index (χ1n) is 2.58. The molecule has 0 aliphatic heterocycles. The lowest BCUT2D eigenvalue weighted by Crippen LogP contribution is -2.05. The first kappa shape index (κ1) is 6.91. The number of anilines is 1. The number of hydrogen-bond donors (Lipinski definition) is 1. The average molecular weight is 148 g/mol. The Morgan fingerprint density at radius 2 is 2.10 bits per heavy atom. The van der Waals surface area contributed by atoms with Gasteiger partial charge in [-0.1, -0.05) is 0 Å². The zero-order chi connectivity index (χ0) is 7.72. The summed E-state index contributed by atoms with van der Waals surface area (Å²) < 4.78 is 24.4. The van der Waals surface area contributed by atoms with Crippen LogP contribution in [0.3, 0.4) is 0 Å². The van der Waals surface area contributed by atoms with Crippen LogP contribution in [-0.2, 0) is 0 Å². The summed E-state index contributed by atoms with van der Waals surface area (Å²) in [5.74, 6) is -0.139. The Labute approximate surface area is 55.7 Å². The van der Waals surface area contributed by atoms with Gasteiger partial charge in [-0.15, -0.1) is 10.2 Å². The second-order valence-corrected chi connectivity index (χ2v) is 1.75. The summed E-state index contributed by atoms with van der Waals surface area (Å²) in [6.45, 7) is -1.25. The normalized spacial score (nSPS) is 10.8. The topological polar surface area (TPSA) is 56.7 Å². The summed E-state index contributed by atoms with van der Waals surface area (Å²) in [5.41, 5.74) is 5.05. The molecule has 2 N–H and O–H groups in total. The minimum atomic E-state index is -2.66. The summed E-state index contributed by atoms with van der Waals surface area (Å²) in [5, 5.41) is 6.59. The van der Waals surface area contributed by atoms with Gasteiger partial charge in [0.25, 0.3) is 0 Å². The van der Waals surface area contributed by atoms with Crippen LogP contribution in [0, 0.1) is 6.92 Å². The highest BCUT2D eigenvalue weighted by atomic mass is 19.3. The number of aryl methyl sites for hydroxylation is 1. The minimum Gasteiger partial charge on any atom is -0.368 e. The maximum Gasteiger partial charge on any atom is 0.322 e. The van der Waals surface area contributed by atoms with E-state index in [-0.39, 0.29) is 11.8 Å². The molecule has 4 nitrogen and oxygen atoms in total. The summed E-state index contributed by atoms with van der Waals surface area (Å²) in [6.07, 6.45) is 0. The second-order valence-electron chi connectivity index (χ2n) is 1.75. The van der Waals surface area contributed by atoms with E-state index >= 15 is 0 Å². The average Bonchev–Trinajstić information content (AvgIpc) is 2.11. The highest BCUT2D eigenvalue weighted by molar-refractivity contribution is 5.16. The highest BCUT2D eigenvalue weighted by Gasteiger charge is 2.13. The molecule has 10 heavy (non-hydrogen) atoms. The fourth-order valence-electron chi connectivity index (χ4n) is 0.627. The Morgan fingerprint density at radius 3 is 2.30 bits per heavy atom. The molecule has 1 rings (SSSR count). The molecule has 0 aliphatic carbocycles. The van der Waals surface area contributed by atoms with E-state index in [0.29, 0.717) is 4.57 Å². The predicted molar refractivity (Wildman–Crippen MR) is 30.4 cm³/mol. The number of halogens is 2. The molecule has 0 amide bonds. The van der Waals surface area contributed by atoms with E-state index in [1.165, 1.54) is 6.92 Å². The van der Waals surface area contributed by atoms with E-state index in [4.69, 9.17) is 5.73 Å². The van der Waals surface area contributed by atoms with Crippen molar-refractivity contribution in [2.24, 2.45) is 0 Å². The van der Waals surface area contributed by atoms with Crippen LogP contribution in [0.2, 0.25) is 0 Å². The second kappa shape index (κ2) is 2.20. The van der Waals surface area contributed by atoms with Crippen molar-refractivity contribution in [1.29, 1.82) is 0 Å². The van der Waals surface area contributed by atoms with Crippen molar-refractivity contribution in [3.63, 3.8) is 0 Å². The summed E-state index contributed by atoms with van der Waals surface area (Å²) in [4.78, 5) is 0. The highest BCUT2D eigenvalue weighted by Crippen LogP contribution is 2.14. The van der Waals surface area contributed by atoms with Gasteiger partial charge in [-0.3, -0.25) is 0 Å². The predicted octanol–water partition coefficient (Wildman–Crippen LogP) is 0.564. The zero-order valence-electron chi connectivity index (χ0n) is 5.25. The summed E-state index contributed by atoms with van der Waals surface area (Å²) in [6, 6.07) is 0. The minimum absolute atomic E-state index is 0.118. The molecule has 1 aromatic rings. The molecular weight excluding hydrogens is 142 g/mol. The van der Waals surface area contributed by atoms with E-state index in [9.17, 15) is 8.78 Å². The molecule has 1 aromatic heterocycles. The van der Waals surface area contributed by atoms with Gasteiger partial charge in [0.15, 0.2) is 0 Å². The number of nitrogen functional groups attached to an aromatic ring is 1. The van der Waals surface area contributed by atoms with Crippen molar-refractivity contribution in [2.45, 2.75) is 13.5 Å². The van der Waals surface area contributed by atoms with E-state index < -0.39 is 6.55 Å². The lowest BCUT2D eigenvalue weighted by Gasteiger charge is -2.01. The van der Waals surface area contributed by atoms with Crippen LogP contribution in [0.4, 0.5) is 14.7 Å². The molecule has 0 radical (unpaired) electrons. The number of aromatic nitrogens is 3. The largest absolute Gasteiger partial charge is 0.368 e. The number of nitrogens with two attached hydrogens (primary N) is 1. The smallest absolute Gasteiger partial charge is 0.322 e. The molecule has 1 heterocycles. The van der Waals surface area contributed by atoms with Gasteiger partial charge in [0, 0.05) is 0 Å². The Hall–Kier alpha value is -1.20. The lowest BCUT2D eigenvalue weighted by atomic mass is 10.7. The quantitative estimate of drug-likeness (QED) is 0.633. The first-order chi connectivity index (χ1) is 4.63. The van der Waals surface area contributed by atoms with Crippen LogP contribution in [0.5, 0.6) is 0 Å². The number of alkyl halides is 2. The maximum absolute atomic E-state index is 11.9. The molecular formula is C4H6F2N4. The molecule has 0 unspecified atom stereocenters. The fourth-order valence-corrected chi connectivity index (χ4v) is 0.627. The van der Waals surface area contributed by atoms with Gasteiger partial charge in [0.1, 0.15) is 5.82 Å². The zero-order valence-corrected chi connectivity index (χ0v) is 5.25. The molecule has 0 aliphatic rings. The molecule has 0 saturated carbocycles. The summed E-state index contributed by atoms with van der Waals surface area (Å²) >= 11 is 0. The first-order valence-corrected chi connectivity index (χ1v) is 2.58. The number of hydrogen-bond acceptors (Lipinski definition) is 3. The molecule has 0 aromatic carbocycles. The van der Waals surface area contributed by atoms with Crippen LogP contribution in [0.15, 0.2) is 0 Å². The van der Waals surface area contributed by atoms with E-state index in [0.717, 1.165) is 0 Å². The van der Waals surface area contributed by atoms with Crippen molar-refractivity contribution < 1.29 is 8.78 Å². The van der Waals surface area contributed by atoms with Crippen LogP contribution in [0.25, 0.3) is 0 Å². The molecule has 56 valence electrons. The summed E-state index contributed by atoms with van der Waals surface area (Å²) in [7, 11) is 0. The maximum atomic E-state index is 11.9. The van der Waals surface area contributed by atoms with E-state index in [2.05, 4.69) is 10.2 Å². The monoisotopic (exact) mass is 148 g/mol. The van der Waals surface area contributed by atoms with E-state index in [1.807, 2.05) is 0 Å². The van der Waals surface area contributed by atoms with Gasteiger partial charge >= 0.3 is 6.55 Å². The van der Waals surface area contributed by atoms with Crippen molar-refractivity contribution in [3.8, 4) is 0 Å². The third-order valence-corrected chi connectivity index (χ3v) is 1.09. The van der Waals surface area contributed by atoms with Crippen molar-refractivity contribution in [1.82, 2.24) is 14.8 Å². The Kier molecular flexibility index (Phi) is 1.52. The molecule has 0 spiro atoms. The number of rotatable bonds is 1. The third-order valence-electron chi connectivity index (χ3n) is 1.09. The van der Waals surface area contributed by atoms with Gasteiger partial charge in [-0.2, -0.15) is 8.78 Å². The van der Waals surface area contributed by atoms with Crippen LogP contribution in [-0.4, -0.2) is 14.8 Å². The Balaban J connectivity index is 3.10. The van der Waals surface area contributed by atoms with Crippen molar-refractivity contribution in [2.75, 3.05) is 5.73 Å². The number of nitrogens with zero attached hydrogens (tertiary/aromatic N) is 3. The molecule has 0 bridgehead atoms. The molecule has 6 heteroatoms. The van der Waals surface area contributed by atoms with Gasteiger partial charge in [0.05, 0.1) is 0 Å². The molecule has 0 saturated heterocycles. The van der Waals surface area contributed by atoms with Gasteiger partial charge < -0.3 is 5.73 Å². The van der Waals surface area contributed by atoms with Gasteiger partial charge in [-0.25, -0.2) is 4.57 Å². The van der Waals surface area contributed by atoms with Crippen LogP contribution in [0.1, 0.15) is 12.4 Å². The van der Waals surface area contributed by atoms with Crippen LogP contribution >= 0.6 is 0 Å². The standard InChI is InChI=1S/C4H6F2N4/c1-2-8-9-4(7)10(2)3(5)6/h3H,1H3,(H2,7,9). The Bertz CT molecular complexity index is 212. The SMILES string of the molecule is Cc1nnc(N)n1C(F)F. The lowest BCUT2D eigenvalue weighted by molar-refractivity contribution is 0.0701. The molecule has 0 atom stereocenters. The van der Waals surface area contributed by atoms with E-state index in [1.54, 1.807) is 0 Å². The van der Waals surface area contributed by atoms with Crippen molar-refractivity contribution in [3.05, 3.63) is 5.82 Å². The Morgan fingerprint density at radius 1 is 1.50 bits per heavy atom. The van der Waals surface area contributed by atoms with Gasteiger partial charge in [-0.05, 0) is 6.92 Å². The van der Waals surface area contributed by atoms with Gasteiger partial charge in [0.2, 0.25) is 5.95 Å². The van der Waals surface area contributed by atoms with Crippen LogP contribution < -0.4 is 5.73 Å². The molecule has 0 fully saturated rings. The third kappa shape index (κ3) is 0.916. The van der Waals surface area contributed by atoms with Crippen molar-refractivity contribution >= 4 is 5.95 Å². The fraction of sp³-hybridized carbons (Fsp3) is 0.500.